The molecule has 0 radical (unpaired) electrons. The molecule has 1 aliphatic heterocycles. The molecule has 1 amide bonds. The second kappa shape index (κ2) is 7.36. The number of nitrogens with zero attached hydrogens (tertiary/aromatic N) is 5. The Labute approximate surface area is 175 Å². The van der Waals surface area contributed by atoms with Gasteiger partial charge in [0.15, 0.2) is 0 Å². The van der Waals surface area contributed by atoms with Crippen molar-refractivity contribution in [2.75, 3.05) is 23.3 Å². The number of aromatic nitrogens is 4. The van der Waals surface area contributed by atoms with Gasteiger partial charge < -0.3 is 19.9 Å². The molecule has 0 bridgehead atoms. The second-order valence-electron chi connectivity index (χ2n) is 8.67. The average Bonchev–Trinajstić information content (AvgIpc) is 3.34. The van der Waals surface area contributed by atoms with Gasteiger partial charge in [-0.1, -0.05) is 6.92 Å². The molecule has 2 atom stereocenters. The van der Waals surface area contributed by atoms with Gasteiger partial charge in [0.05, 0.1) is 23.8 Å². The first kappa shape index (κ1) is 19.0. The Kier molecular flexibility index (Phi) is 4.66. The third-order valence-electron chi connectivity index (χ3n) is 5.95. The predicted octanol–water partition coefficient (Wildman–Crippen LogP) is 2.57. The highest BCUT2D eigenvalue weighted by Crippen LogP contribution is 2.26. The highest BCUT2D eigenvalue weighted by atomic mass is 16.1. The lowest BCUT2D eigenvalue weighted by Crippen LogP contribution is -2.37. The van der Waals surface area contributed by atoms with Gasteiger partial charge in [-0.2, -0.15) is 0 Å². The van der Waals surface area contributed by atoms with Gasteiger partial charge >= 0.3 is 0 Å². The van der Waals surface area contributed by atoms with E-state index >= 15 is 0 Å². The Hall–Kier alpha value is -3.00. The summed E-state index contributed by atoms with van der Waals surface area (Å²) in [5.41, 5.74) is 3.84. The molecular formula is C22H27N7O. The Morgan fingerprint density at radius 3 is 2.70 bits per heavy atom. The highest BCUT2D eigenvalue weighted by molar-refractivity contribution is 6.02. The fraction of sp³-hybridized carbons (Fsp3) is 0.455. The number of hydrogen-bond acceptors (Lipinski definition) is 6. The minimum absolute atomic E-state index is 0.271. The van der Waals surface area contributed by atoms with E-state index in [1.165, 1.54) is 12.8 Å². The van der Waals surface area contributed by atoms with E-state index in [1.54, 1.807) is 12.4 Å². The molecule has 4 heterocycles. The molecule has 2 aliphatic rings. The van der Waals surface area contributed by atoms with Gasteiger partial charge in [-0.25, -0.2) is 15.0 Å². The zero-order valence-corrected chi connectivity index (χ0v) is 17.6. The quantitative estimate of drug-likeness (QED) is 0.678. The van der Waals surface area contributed by atoms with Crippen LogP contribution in [-0.2, 0) is 0 Å². The largest absolute Gasteiger partial charge is 0.353 e. The fourth-order valence-electron chi connectivity index (χ4n) is 4.18. The third kappa shape index (κ3) is 3.75. The van der Waals surface area contributed by atoms with Crippen molar-refractivity contribution in [3.8, 4) is 0 Å². The molecule has 0 aromatic carbocycles. The topological polar surface area (TPSA) is 87.5 Å². The van der Waals surface area contributed by atoms with E-state index in [1.807, 2.05) is 36.7 Å². The van der Waals surface area contributed by atoms with Gasteiger partial charge in [0.25, 0.3) is 5.91 Å². The van der Waals surface area contributed by atoms with E-state index in [0.717, 1.165) is 35.8 Å². The SMILES string of the molecule is Cc1cn2cc(NC(=O)c3cnc(N4C[C@@H](C)[C@H](NC5CC5)C4)cn3)cc(C)c2n1. The number of hydrogen-bond donors (Lipinski definition) is 2. The van der Waals surface area contributed by atoms with E-state index in [9.17, 15) is 4.79 Å². The van der Waals surface area contributed by atoms with Crippen molar-refractivity contribution >= 4 is 23.1 Å². The van der Waals surface area contributed by atoms with Crippen LogP contribution in [0.2, 0.25) is 0 Å². The van der Waals surface area contributed by atoms with Crippen molar-refractivity contribution in [2.45, 2.75) is 45.7 Å². The van der Waals surface area contributed by atoms with Gasteiger partial charge in [0.1, 0.15) is 17.2 Å². The maximum atomic E-state index is 12.7. The van der Waals surface area contributed by atoms with Crippen LogP contribution in [0.15, 0.2) is 30.9 Å². The van der Waals surface area contributed by atoms with Crippen LogP contribution in [0.25, 0.3) is 5.65 Å². The molecule has 30 heavy (non-hydrogen) atoms. The number of carbonyl (C=O) groups excluding carboxylic acids is 1. The molecular weight excluding hydrogens is 378 g/mol. The molecule has 1 saturated heterocycles. The summed E-state index contributed by atoms with van der Waals surface area (Å²) in [5.74, 6) is 1.12. The summed E-state index contributed by atoms with van der Waals surface area (Å²) in [6, 6.07) is 3.11. The molecule has 5 rings (SSSR count). The number of pyridine rings is 1. The molecule has 2 N–H and O–H groups in total. The number of fused-ring (bicyclic) bond motifs is 1. The van der Waals surface area contributed by atoms with Crippen LogP contribution >= 0.6 is 0 Å². The van der Waals surface area contributed by atoms with Crippen LogP contribution in [0, 0.1) is 19.8 Å². The highest BCUT2D eigenvalue weighted by Gasteiger charge is 2.34. The second-order valence-corrected chi connectivity index (χ2v) is 8.67. The summed E-state index contributed by atoms with van der Waals surface area (Å²) in [6.45, 7) is 8.09. The number of carbonyl (C=O) groups is 1. The van der Waals surface area contributed by atoms with Crippen molar-refractivity contribution in [3.05, 3.63) is 47.8 Å². The third-order valence-corrected chi connectivity index (χ3v) is 5.95. The Balaban J connectivity index is 1.27. The summed E-state index contributed by atoms with van der Waals surface area (Å²) >= 11 is 0. The van der Waals surface area contributed by atoms with Crippen molar-refractivity contribution in [3.63, 3.8) is 0 Å². The van der Waals surface area contributed by atoms with Crippen molar-refractivity contribution in [1.82, 2.24) is 24.7 Å². The molecule has 2 fully saturated rings. The first-order chi connectivity index (χ1) is 14.5. The smallest absolute Gasteiger partial charge is 0.275 e. The van der Waals surface area contributed by atoms with Crippen LogP contribution < -0.4 is 15.5 Å². The van der Waals surface area contributed by atoms with Gasteiger partial charge in [-0.3, -0.25) is 4.79 Å². The number of rotatable bonds is 5. The van der Waals surface area contributed by atoms with Gasteiger partial charge in [0.2, 0.25) is 0 Å². The molecule has 0 spiro atoms. The van der Waals surface area contributed by atoms with Gasteiger partial charge in [-0.05, 0) is 44.2 Å². The summed E-state index contributed by atoms with van der Waals surface area (Å²) in [7, 11) is 0. The lowest BCUT2D eigenvalue weighted by molar-refractivity contribution is 0.102. The molecule has 8 nitrogen and oxygen atoms in total. The standard InChI is InChI=1S/C22H27N7O/c1-13-6-17(11-29-10-15(3)25-21(13)29)27-22(30)18-7-24-20(8-23-18)28-9-14(2)19(12-28)26-16-4-5-16/h6-8,10-11,14,16,19,26H,4-5,9,12H2,1-3H3,(H,27,30)/t14-,19-/m1/s1. The molecule has 3 aromatic rings. The van der Waals surface area contributed by atoms with E-state index in [0.29, 0.717) is 29.4 Å². The minimum atomic E-state index is -0.271. The summed E-state index contributed by atoms with van der Waals surface area (Å²) in [5, 5.41) is 6.64. The monoisotopic (exact) mass is 405 g/mol. The summed E-state index contributed by atoms with van der Waals surface area (Å²) < 4.78 is 1.93. The zero-order chi connectivity index (χ0) is 20.8. The van der Waals surface area contributed by atoms with Crippen LogP contribution in [0.1, 0.15) is 41.5 Å². The number of amides is 1. The minimum Gasteiger partial charge on any atom is -0.353 e. The zero-order valence-electron chi connectivity index (χ0n) is 17.6. The van der Waals surface area contributed by atoms with Crippen molar-refractivity contribution in [2.24, 2.45) is 5.92 Å². The normalized spacial score (nSPS) is 21.4. The van der Waals surface area contributed by atoms with Crippen LogP contribution in [0.5, 0.6) is 0 Å². The van der Waals surface area contributed by atoms with E-state index < -0.39 is 0 Å². The maximum absolute atomic E-state index is 12.7. The molecule has 1 saturated carbocycles. The van der Waals surface area contributed by atoms with Gasteiger partial charge in [0, 0.05) is 37.6 Å². The van der Waals surface area contributed by atoms with E-state index in [2.05, 4.69) is 37.4 Å². The number of aryl methyl sites for hydroxylation is 2. The Bertz CT molecular complexity index is 1090. The number of anilines is 2. The Morgan fingerprint density at radius 2 is 1.97 bits per heavy atom. The summed E-state index contributed by atoms with van der Waals surface area (Å²) in [4.78, 5) is 28.3. The van der Waals surface area contributed by atoms with Crippen LogP contribution in [0.4, 0.5) is 11.5 Å². The fourth-order valence-corrected chi connectivity index (χ4v) is 4.18. The maximum Gasteiger partial charge on any atom is 0.275 e. The molecule has 3 aromatic heterocycles. The Morgan fingerprint density at radius 1 is 1.13 bits per heavy atom. The van der Waals surface area contributed by atoms with Crippen LogP contribution in [-0.4, -0.2) is 50.4 Å². The number of nitrogens with one attached hydrogen (secondary N) is 2. The van der Waals surface area contributed by atoms with Crippen molar-refractivity contribution < 1.29 is 4.79 Å². The molecule has 0 unspecified atom stereocenters. The molecule has 8 heteroatoms. The van der Waals surface area contributed by atoms with Crippen LogP contribution in [0.3, 0.4) is 0 Å². The van der Waals surface area contributed by atoms with Gasteiger partial charge in [-0.15, -0.1) is 0 Å². The lowest BCUT2D eigenvalue weighted by atomic mass is 10.1. The van der Waals surface area contributed by atoms with Crippen molar-refractivity contribution in [1.29, 1.82) is 0 Å². The first-order valence-corrected chi connectivity index (χ1v) is 10.6. The first-order valence-electron chi connectivity index (χ1n) is 10.6. The number of imidazole rings is 1. The van der Waals surface area contributed by atoms with E-state index in [4.69, 9.17) is 0 Å². The molecule has 1 aliphatic carbocycles. The predicted molar refractivity (Wildman–Crippen MR) is 116 cm³/mol. The van der Waals surface area contributed by atoms with E-state index in [-0.39, 0.29) is 5.91 Å². The lowest BCUT2D eigenvalue weighted by Gasteiger charge is -2.17. The summed E-state index contributed by atoms with van der Waals surface area (Å²) in [6.07, 6.45) is 9.65. The molecule has 156 valence electrons. The average molecular weight is 406 g/mol.